The van der Waals surface area contributed by atoms with E-state index in [-0.39, 0.29) is 6.42 Å². The molecule has 1 aromatic carbocycles. The Labute approximate surface area is 102 Å². The minimum atomic E-state index is -0.848. The summed E-state index contributed by atoms with van der Waals surface area (Å²) in [7, 11) is 0. The second-order valence-corrected chi connectivity index (χ2v) is 3.89. The second-order valence-electron chi connectivity index (χ2n) is 3.45. The van der Waals surface area contributed by atoms with E-state index < -0.39 is 5.97 Å². The molecule has 0 unspecified atom stereocenters. The Morgan fingerprint density at radius 3 is 3.00 bits per heavy atom. The maximum atomic E-state index is 10.4. The number of anilines is 1. The predicted molar refractivity (Wildman–Crippen MR) is 65.3 cm³/mol. The number of rotatable bonds is 4. The number of aliphatic carboxylic acids is 1. The summed E-state index contributed by atoms with van der Waals surface area (Å²) >= 11 is 5.86. The van der Waals surface area contributed by atoms with Crippen LogP contribution >= 0.6 is 11.6 Å². The van der Waals surface area contributed by atoms with Gasteiger partial charge in [0.05, 0.1) is 11.9 Å². The minimum Gasteiger partial charge on any atom is -0.481 e. The van der Waals surface area contributed by atoms with Crippen LogP contribution in [0.25, 0.3) is 10.9 Å². The standard InChI is InChI=1S/C11H10ClN3O2/c12-7-1-2-8-9(5-7)14-6-15-11(8)13-4-3-10(16)17/h1-2,5-6H,3-4H2,(H,16,17)(H,13,14,15). The van der Waals surface area contributed by atoms with Crippen molar-refractivity contribution in [3.63, 3.8) is 0 Å². The van der Waals surface area contributed by atoms with E-state index in [1.807, 2.05) is 0 Å². The average molecular weight is 252 g/mol. The largest absolute Gasteiger partial charge is 0.481 e. The summed E-state index contributed by atoms with van der Waals surface area (Å²) in [6, 6.07) is 5.29. The first-order valence-corrected chi connectivity index (χ1v) is 5.40. The SMILES string of the molecule is O=C(O)CCNc1ncnc2cc(Cl)ccc12. The molecule has 0 fully saturated rings. The van der Waals surface area contributed by atoms with Crippen LogP contribution in [-0.2, 0) is 4.79 Å². The fraction of sp³-hybridized carbons (Fsp3) is 0.182. The van der Waals surface area contributed by atoms with E-state index >= 15 is 0 Å². The van der Waals surface area contributed by atoms with Gasteiger partial charge in [-0.3, -0.25) is 4.79 Å². The Bertz CT molecular complexity index is 559. The number of benzene rings is 1. The highest BCUT2D eigenvalue weighted by Crippen LogP contribution is 2.22. The van der Waals surface area contributed by atoms with Crippen molar-refractivity contribution in [2.45, 2.75) is 6.42 Å². The molecule has 0 saturated heterocycles. The number of fused-ring (bicyclic) bond motifs is 1. The lowest BCUT2D eigenvalue weighted by atomic mass is 10.2. The summed E-state index contributed by atoms with van der Waals surface area (Å²) in [6.45, 7) is 0.323. The highest BCUT2D eigenvalue weighted by molar-refractivity contribution is 6.31. The molecule has 2 aromatic rings. The third-order valence-electron chi connectivity index (χ3n) is 2.23. The van der Waals surface area contributed by atoms with E-state index in [0.29, 0.717) is 17.4 Å². The van der Waals surface area contributed by atoms with Crippen LogP contribution < -0.4 is 5.32 Å². The Morgan fingerprint density at radius 1 is 1.41 bits per heavy atom. The van der Waals surface area contributed by atoms with Crippen LogP contribution in [0.15, 0.2) is 24.5 Å². The smallest absolute Gasteiger partial charge is 0.305 e. The second kappa shape index (κ2) is 4.97. The number of hydrogen-bond acceptors (Lipinski definition) is 4. The zero-order chi connectivity index (χ0) is 12.3. The molecule has 6 heteroatoms. The van der Waals surface area contributed by atoms with Crippen molar-refractivity contribution in [2.75, 3.05) is 11.9 Å². The Hall–Kier alpha value is -1.88. The molecule has 2 rings (SSSR count). The molecule has 2 N–H and O–H groups in total. The topological polar surface area (TPSA) is 75.1 Å². The predicted octanol–water partition coefficient (Wildman–Crippen LogP) is 2.17. The molecule has 88 valence electrons. The number of carbonyl (C=O) groups is 1. The molecule has 0 atom stereocenters. The summed E-state index contributed by atoms with van der Waals surface area (Å²) < 4.78 is 0. The fourth-order valence-electron chi connectivity index (χ4n) is 1.46. The third-order valence-corrected chi connectivity index (χ3v) is 2.46. The molecule has 5 nitrogen and oxygen atoms in total. The van der Waals surface area contributed by atoms with Gasteiger partial charge in [-0.1, -0.05) is 11.6 Å². The lowest BCUT2D eigenvalue weighted by Gasteiger charge is -2.06. The van der Waals surface area contributed by atoms with Gasteiger partial charge in [0.15, 0.2) is 0 Å². The van der Waals surface area contributed by atoms with Gasteiger partial charge in [0, 0.05) is 17.0 Å². The van der Waals surface area contributed by atoms with Gasteiger partial charge in [0.1, 0.15) is 12.1 Å². The van der Waals surface area contributed by atoms with Gasteiger partial charge in [0.25, 0.3) is 0 Å². The van der Waals surface area contributed by atoms with Gasteiger partial charge in [-0.05, 0) is 18.2 Å². The normalized spacial score (nSPS) is 10.4. The van der Waals surface area contributed by atoms with E-state index in [9.17, 15) is 4.79 Å². The zero-order valence-corrected chi connectivity index (χ0v) is 9.61. The van der Waals surface area contributed by atoms with Gasteiger partial charge < -0.3 is 10.4 Å². The van der Waals surface area contributed by atoms with Crippen LogP contribution in [0.1, 0.15) is 6.42 Å². The van der Waals surface area contributed by atoms with Crippen molar-refractivity contribution in [1.29, 1.82) is 0 Å². The van der Waals surface area contributed by atoms with Gasteiger partial charge >= 0.3 is 5.97 Å². The van der Waals surface area contributed by atoms with Crippen LogP contribution in [0.4, 0.5) is 5.82 Å². The summed E-state index contributed by atoms with van der Waals surface area (Å²) in [6.07, 6.45) is 1.46. The highest BCUT2D eigenvalue weighted by atomic mass is 35.5. The maximum absolute atomic E-state index is 10.4. The number of halogens is 1. The van der Waals surface area contributed by atoms with E-state index in [0.717, 1.165) is 10.9 Å². The quantitative estimate of drug-likeness (QED) is 0.871. The molecule has 0 spiro atoms. The molecule has 0 amide bonds. The number of carboxylic acids is 1. The third kappa shape index (κ3) is 2.82. The summed E-state index contributed by atoms with van der Waals surface area (Å²) in [5.41, 5.74) is 0.727. The zero-order valence-electron chi connectivity index (χ0n) is 8.85. The molecule has 17 heavy (non-hydrogen) atoms. The van der Waals surface area contributed by atoms with Crippen LogP contribution in [0.2, 0.25) is 5.02 Å². The first-order chi connectivity index (χ1) is 8.16. The monoisotopic (exact) mass is 251 g/mol. The van der Waals surface area contributed by atoms with Crippen LogP contribution in [-0.4, -0.2) is 27.6 Å². The maximum Gasteiger partial charge on any atom is 0.305 e. The lowest BCUT2D eigenvalue weighted by Crippen LogP contribution is -2.09. The van der Waals surface area contributed by atoms with Crippen molar-refractivity contribution in [2.24, 2.45) is 0 Å². The Balaban J connectivity index is 2.25. The number of carboxylic acid groups (broad SMARTS) is 1. The van der Waals surface area contributed by atoms with Crippen molar-refractivity contribution < 1.29 is 9.90 Å². The molecule has 0 aliphatic carbocycles. The molecule has 0 saturated carbocycles. The molecule has 1 aromatic heterocycles. The van der Waals surface area contributed by atoms with Gasteiger partial charge in [0.2, 0.25) is 0 Å². The average Bonchev–Trinajstić information content (AvgIpc) is 2.28. The first kappa shape index (κ1) is 11.6. The van der Waals surface area contributed by atoms with Crippen molar-refractivity contribution in [1.82, 2.24) is 9.97 Å². The molecule has 1 heterocycles. The van der Waals surface area contributed by atoms with Gasteiger partial charge in [-0.25, -0.2) is 9.97 Å². The number of nitrogens with one attached hydrogen (secondary N) is 1. The number of aromatic nitrogens is 2. The molecular weight excluding hydrogens is 242 g/mol. The van der Waals surface area contributed by atoms with E-state index in [4.69, 9.17) is 16.7 Å². The van der Waals surface area contributed by atoms with Crippen LogP contribution in [0.5, 0.6) is 0 Å². The number of hydrogen-bond donors (Lipinski definition) is 2. The fourth-order valence-corrected chi connectivity index (χ4v) is 1.63. The van der Waals surface area contributed by atoms with Gasteiger partial charge in [-0.2, -0.15) is 0 Å². The Kier molecular flexibility index (Phi) is 3.39. The molecule has 0 aliphatic heterocycles. The highest BCUT2D eigenvalue weighted by Gasteiger charge is 2.04. The summed E-state index contributed by atoms with van der Waals surface area (Å²) in [4.78, 5) is 18.6. The van der Waals surface area contributed by atoms with Crippen LogP contribution in [0, 0.1) is 0 Å². The number of nitrogens with zero attached hydrogens (tertiary/aromatic N) is 2. The molecular formula is C11H10ClN3O2. The van der Waals surface area contributed by atoms with Gasteiger partial charge in [-0.15, -0.1) is 0 Å². The first-order valence-electron chi connectivity index (χ1n) is 5.03. The van der Waals surface area contributed by atoms with E-state index in [2.05, 4.69) is 15.3 Å². The minimum absolute atomic E-state index is 0.0408. The Morgan fingerprint density at radius 2 is 2.24 bits per heavy atom. The molecule has 0 bridgehead atoms. The van der Waals surface area contributed by atoms with Crippen LogP contribution in [0.3, 0.4) is 0 Å². The van der Waals surface area contributed by atoms with E-state index in [1.165, 1.54) is 6.33 Å². The van der Waals surface area contributed by atoms with Crippen molar-refractivity contribution in [3.8, 4) is 0 Å². The molecule has 0 aliphatic rings. The summed E-state index contributed by atoms with van der Waals surface area (Å²) in [5, 5.41) is 12.9. The lowest BCUT2D eigenvalue weighted by molar-refractivity contribution is -0.136. The summed E-state index contributed by atoms with van der Waals surface area (Å²) in [5.74, 6) is -0.230. The van der Waals surface area contributed by atoms with Crippen molar-refractivity contribution >= 4 is 34.3 Å². The van der Waals surface area contributed by atoms with Crippen molar-refractivity contribution in [3.05, 3.63) is 29.5 Å². The van der Waals surface area contributed by atoms with E-state index in [1.54, 1.807) is 18.2 Å². The molecule has 0 radical (unpaired) electrons.